The summed E-state index contributed by atoms with van der Waals surface area (Å²) >= 11 is 0. The molecular formula is C17H25FN2O2. The van der Waals surface area contributed by atoms with Crippen molar-refractivity contribution in [2.45, 2.75) is 58.2 Å². The predicted molar refractivity (Wildman–Crippen MR) is 84.0 cm³/mol. The molecule has 1 aromatic carbocycles. The second-order valence-corrected chi connectivity index (χ2v) is 7.00. The molecule has 1 fully saturated rings. The zero-order valence-corrected chi connectivity index (χ0v) is 13.7. The average molecular weight is 308 g/mol. The van der Waals surface area contributed by atoms with E-state index in [4.69, 9.17) is 10.5 Å². The van der Waals surface area contributed by atoms with Crippen LogP contribution < -0.4 is 5.73 Å². The number of nitrogens with zero attached hydrogens (tertiary/aromatic N) is 1. The van der Waals surface area contributed by atoms with E-state index in [0.717, 1.165) is 5.56 Å². The highest BCUT2D eigenvalue weighted by Gasteiger charge is 2.35. The smallest absolute Gasteiger partial charge is 0.410 e. The molecule has 0 aromatic heterocycles. The van der Waals surface area contributed by atoms with E-state index in [1.54, 1.807) is 11.0 Å². The van der Waals surface area contributed by atoms with E-state index in [1.165, 1.54) is 6.07 Å². The van der Waals surface area contributed by atoms with Gasteiger partial charge in [-0.3, -0.25) is 0 Å². The Balaban J connectivity index is 2.29. The van der Waals surface area contributed by atoms with Crippen LogP contribution in [0.3, 0.4) is 0 Å². The molecule has 2 atom stereocenters. The van der Waals surface area contributed by atoms with Gasteiger partial charge in [-0.05, 0) is 52.2 Å². The molecule has 0 aliphatic carbocycles. The SMILES string of the molecule is Cc1ccc(C2CC(N)CCN2C(=O)OC(C)(C)C)c(F)c1. The molecule has 4 nitrogen and oxygen atoms in total. The molecule has 1 aliphatic heterocycles. The molecule has 122 valence electrons. The van der Waals surface area contributed by atoms with Crippen molar-refractivity contribution < 1.29 is 13.9 Å². The molecule has 0 bridgehead atoms. The van der Waals surface area contributed by atoms with Gasteiger partial charge in [-0.1, -0.05) is 12.1 Å². The molecule has 0 radical (unpaired) electrons. The molecular weight excluding hydrogens is 283 g/mol. The lowest BCUT2D eigenvalue weighted by molar-refractivity contribution is 0.00759. The van der Waals surface area contributed by atoms with Gasteiger partial charge in [0.2, 0.25) is 0 Å². The van der Waals surface area contributed by atoms with Crippen LogP contribution in [0.5, 0.6) is 0 Å². The number of likely N-dealkylation sites (tertiary alicyclic amines) is 1. The van der Waals surface area contributed by atoms with Gasteiger partial charge in [0.25, 0.3) is 0 Å². The molecule has 0 saturated carbocycles. The summed E-state index contributed by atoms with van der Waals surface area (Å²) in [6.07, 6.45) is 0.826. The van der Waals surface area contributed by atoms with E-state index in [0.29, 0.717) is 24.9 Å². The first-order chi connectivity index (χ1) is 10.2. The number of rotatable bonds is 1. The fourth-order valence-electron chi connectivity index (χ4n) is 2.73. The van der Waals surface area contributed by atoms with Crippen molar-refractivity contribution in [2.24, 2.45) is 5.73 Å². The van der Waals surface area contributed by atoms with Crippen LogP contribution in [0.2, 0.25) is 0 Å². The molecule has 1 saturated heterocycles. The Morgan fingerprint density at radius 3 is 2.68 bits per heavy atom. The summed E-state index contributed by atoms with van der Waals surface area (Å²) in [5, 5.41) is 0. The summed E-state index contributed by atoms with van der Waals surface area (Å²) in [7, 11) is 0. The minimum Gasteiger partial charge on any atom is -0.444 e. The molecule has 1 heterocycles. The number of amides is 1. The van der Waals surface area contributed by atoms with E-state index in [1.807, 2.05) is 33.8 Å². The number of benzene rings is 1. The van der Waals surface area contributed by atoms with Crippen LogP contribution in [0, 0.1) is 12.7 Å². The van der Waals surface area contributed by atoms with Crippen molar-refractivity contribution in [1.29, 1.82) is 0 Å². The number of piperidine rings is 1. The van der Waals surface area contributed by atoms with Gasteiger partial charge in [0.15, 0.2) is 0 Å². The summed E-state index contributed by atoms with van der Waals surface area (Å²) in [5.74, 6) is -0.298. The fraction of sp³-hybridized carbons (Fsp3) is 0.588. The minimum absolute atomic E-state index is 0.0376. The minimum atomic E-state index is -0.576. The third-order valence-corrected chi connectivity index (χ3v) is 3.79. The third kappa shape index (κ3) is 3.97. The number of hydrogen-bond donors (Lipinski definition) is 1. The Morgan fingerprint density at radius 2 is 2.09 bits per heavy atom. The maximum atomic E-state index is 14.3. The van der Waals surface area contributed by atoms with Crippen LogP contribution in [0.25, 0.3) is 0 Å². The molecule has 1 aliphatic rings. The van der Waals surface area contributed by atoms with E-state index in [9.17, 15) is 9.18 Å². The highest BCUT2D eigenvalue weighted by atomic mass is 19.1. The van der Waals surface area contributed by atoms with Gasteiger partial charge in [-0.15, -0.1) is 0 Å². The normalized spacial score (nSPS) is 22.5. The summed E-state index contributed by atoms with van der Waals surface area (Å²) in [6.45, 7) is 7.78. The van der Waals surface area contributed by atoms with Crippen LogP contribution >= 0.6 is 0 Å². The molecule has 0 spiro atoms. The first-order valence-electron chi connectivity index (χ1n) is 7.68. The maximum Gasteiger partial charge on any atom is 0.410 e. The quantitative estimate of drug-likeness (QED) is 0.863. The van der Waals surface area contributed by atoms with Gasteiger partial charge in [0, 0.05) is 18.2 Å². The summed E-state index contributed by atoms with van der Waals surface area (Å²) in [4.78, 5) is 14.0. The standard InChI is InChI=1S/C17H25FN2O2/c1-11-5-6-13(14(18)9-11)15-10-12(19)7-8-20(15)16(21)22-17(2,3)4/h5-6,9,12,15H,7-8,10,19H2,1-4H3. The number of ether oxygens (including phenoxy) is 1. The average Bonchev–Trinajstić information content (AvgIpc) is 2.36. The van der Waals surface area contributed by atoms with Crippen LogP contribution in [-0.4, -0.2) is 29.2 Å². The zero-order valence-electron chi connectivity index (χ0n) is 13.7. The summed E-state index contributed by atoms with van der Waals surface area (Å²) < 4.78 is 19.8. The molecule has 2 unspecified atom stereocenters. The van der Waals surface area contributed by atoms with Crippen molar-refractivity contribution in [3.63, 3.8) is 0 Å². The van der Waals surface area contributed by atoms with Gasteiger partial charge in [0.05, 0.1) is 6.04 Å². The number of nitrogens with two attached hydrogens (primary N) is 1. The van der Waals surface area contributed by atoms with Crippen LogP contribution in [0.15, 0.2) is 18.2 Å². The van der Waals surface area contributed by atoms with Crippen LogP contribution in [0.4, 0.5) is 9.18 Å². The highest BCUT2D eigenvalue weighted by Crippen LogP contribution is 2.33. The number of carbonyl (C=O) groups excluding carboxylic acids is 1. The molecule has 1 amide bonds. The van der Waals surface area contributed by atoms with Crippen LogP contribution in [0.1, 0.15) is 50.8 Å². The summed E-state index contributed by atoms with van der Waals surface area (Å²) in [6, 6.07) is 4.67. The Labute approximate surface area is 131 Å². The van der Waals surface area contributed by atoms with Crippen molar-refractivity contribution >= 4 is 6.09 Å². The number of halogens is 1. The lowest BCUT2D eigenvalue weighted by Gasteiger charge is -2.39. The van der Waals surface area contributed by atoms with Gasteiger partial charge in [-0.25, -0.2) is 9.18 Å². The first-order valence-corrected chi connectivity index (χ1v) is 7.68. The van der Waals surface area contributed by atoms with E-state index in [-0.39, 0.29) is 17.9 Å². The van der Waals surface area contributed by atoms with E-state index >= 15 is 0 Å². The molecule has 2 rings (SSSR count). The number of hydrogen-bond acceptors (Lipinski definition) is 3. The molecule has 22 heavy (non-hydrogen) atoms. The maximum absolute atomic E-state index is 14.3. The Hall–Kier alpha value is -1.62. The topological polar surface area (TPSA) is 55.6 Å². The zero-order chi connectivity index (χ0) is 16.5. The van der Waals surface area contributed by atoms with Gasteiger partial charge in [0.1, 0.15) is 11.4 Å². The summed E-state index contributed by atoms with van der Waals surface area (Å²) in [5.41, 5.74) is 6.81. The first kappa shape index (κ1) is 16.7. The van der Waals surface area contributed by atoms with E-state index < -0.39 is 11.7 Å². The van der Waals surface area contributed by atoms with Gasteiger partial charge in [-0.2, -0.15) is 0 Å². The second kappa shape index (κ2) is 6.24. The number of aryl methyl sites for hydroxylation is 1. The van der Waals surface area contributed by atoms with Gasteiger partial charge >= 0.3 is 6.09 Å². The number of carbonyl (C=O) groups is 1. The van der Waals surface area contributed by atoms with Crippen LogP contribution in [-0.2, 0) is 4.74 Å². The fourth-order valence-corrected chi connectivity index (χ4v) is 2.73. The lowest BCUT2D eigenvalue weighted by Crippen LogP contribution is -2.47. The molecule has 2 N–H and O–H groups in total. The third-order valence-electron chi connectivity index (χ3n) is 3.79. The second-order valence-electron chi connectivity index (χ2n) is 7.00. The predicted octanol–water partition coefficient (Wildman–Crippen LogP) is 3.53. The van der Waals surface area contributed by atoms with Crippen molar-refractivity contribution in [3.8, 4) is 0 Å². The Morgan fingerprint density at radius 1 is 1.41 bits per heavy atom. The lowest BCUT2D eigenvalue weighted by atomic mass is 9.92. The highest BCUT2D eigenvalue weighted by molar-refractivity contribution is 5.69. The van der Waals surface area contributed by atoms with Crippen molar-refractivity contribution in [3.05, 3.63) is 35.1 Å². The van der Waals surface area contributed by atoms with Crippen molar-refractivity contribution in [1.82, 2.24) is 4.90 Å². The molecule has 5 heteroatoms. The van der Waals surface area contributed by atoms with Gasteiger partial charge < -0.3 is 15.4 Å². The molecule has 1 aromatic rings. The largest absolute Gasteiger partial charge is 0.444 e. The monoisotopic (exact) mass is 308 g/mol. The van der Waals surface area contributed by atoms with E-state index in [2.05, 4.69) is 0 Å². The van der Waals surface area contributed by atoms with Crippen molar-refractivity contribution in [2.75, 3.05) is 6.54 Å². The Bertz CT molecular complexity index is 554. The Kier molecular flexibility index (Phi) is 4.75.